The molecule has 2 amide bonds. The number of aromatic nitrogens is 4. The molecule has 1 fully saturated rings. The highest BCUT2D eigenvalue weighted by atomic mass is 16.2. The molecule has 2 aromatic heterocycles. The molecule has 4 aromatic rings. The number of fused-ring (bicyclic) bond motifs is 2. The Balaban J connectivity index is 1.21. The maximum Gasteiger partial charge on any atom is 0.319 e. The standard InChI is InChI=1S/C21H21N7O/c29-21(26-18-7-3-5-14-4-1-2-6-16(14)18)25-15-8-10-28(11-9-15)20-17-12-24-27-19(17)22-13-23-20/h1-7,12-13,15H,8-11H2,(H2,25,26,29)(H,22,23,24,27). The maximum absolute atomic E-state index is 12.5. The number of hydrogen-bond donors (Lipinski definition) is 3. The number of carbonyl (C=O) groups excluding carboxylic acids is 1. The molecular weight excluding hydrogens is 366 g/mol. The quantitative estimate of drug-likeness (QED) is 0.501. The molecule has 3 heterocycles. The predicted molar refractivity (Wildman–Crippen MR) is 113 cm³/mol. The van der Waals surface area contributed by atoms with E-state index in [9.17, 15) is 4.79 Å². The van der Waals surface area contributed by atoms with Gasteiger partial charge in [0.15, 0.2) is 5.65 Å². The van der Waals surface area contributed by atoms with E-state index < -0.39 is 0 Å². The van der Waals surface area contributed by atoms with Gasteiger partial charge in [-0.05, 0) is 24.3 Å². The Morgan fingerprint density at radius 2 is 1.86 bits per heavy atom. The lowest BCUT2D eigenvalue weighted by molar-refractivity contribution is 0.246. The Kier molecular flexibility index (Phi) is 4.44. The summed E-state index contributed by atoms with van der Waals surface area (Å²) in [5.41, 5.74) is 1.56. The molecular formula is C21H21N7O. The van der Waals surface area contributed by atoms with Gasteiger partial charge in [-0.2, -0.15) is 5.10 Å². The van der Waals surface area contributed by atoms with E-state index >= 15 is 0 Å². The third kappa shape index (κ3) is 3.44. The normalized spacial score (nSPS) is 15.0. The van der Waals surface area contributed by atoms with Crippen molar-refractivity contribution in [3.8, 4) is 0 Å². The summed E-state index contributed by atoms with van der Waals surface area (Å²) in [5, 5.41) is 16.1. The summed E-state index contributed by atoms with van der Waals surface area (Å²) < 4.78 is 0. The van der Waals surface area contributed by atoms with E-state index in [0.29, 0.717) is 0 Å². The number of hydrogen-bond acceptors (Lipinski definition) is 5. The zero-order valence-electron chi connectivity index (χ0n) is 15.8. The van der Waals surface area contributed by atoms with Crippen molar-refractivity contribution in [3.63, 3.8) is 0 Å². The van der Waals surface area contributed by atoms with Gasteiger partial charge in [0.2, 0.25) is 0 Å². The number of benzene rings is 2. The third-order valence-electron chi connectivity index (χ3n) is 5.39. The van der Waals surface area contributed by atoms with E-state index in [2.05, 4.69) is 35.7 Å². The van der Waals surface area contributed by atoms with Crippen LogP contribution in [0.2, 0.25) is 0 Å². The second kappa shape index (κ2) is 7.38. The lowest BCUT2D eigenvalue weighted by atomic mass is 10.0. The summed E-state index contributed by atoms with van der Waals surface area (Å²) in [4.78, 5) is 23.4. The summed E-state index contributed by atoms with van der Waals surface area (Å²) in [6, 6.07) is 13.9. The molecule has 0 unspecified atom stereocenters. The minimum atomic E-state index is -0.168. The monoisotopic (exact) mass is 387 g/mol. The van der Waals surface area contributed by atoms with Crippen molar-refractivity contribution in [2.75, 3.05) is 23.3 Å². The van der Waals surface area contributed by atoms with Gasteiger partial charge in [0.05, 0.1) is 17.3 Å². The van der Waals surface area contributed by atoms with Crippen LogP contribution in [0.15, 0.2) is 55.0 Å². The molecule has 0 bridgehead atoms. The van der Waals surface area contributed by atoms with Crippen LogP contribution in [0, 0.1) is 0 Å². The van der Waals surface area contributed by atoms with Crippen LogP contribution in [0.5, 0.6) is 0 Å². The molecule has 1 saturated heterocycles. The Labute approximate surface area is 167 Å². The zero-order valence-corrected chi connectivity index (χ0v) is 15.8. The summed E-state index contributed by atoms with van der Waals surface area (Å²) in [5.74, 6) is 0.891. The number of carbonyl (C=O) groups is 1. The van der Waals surface area contributed by atoms with E-state index in [1.165, 1.54) is 0 Å². The molecule has 8 heteroatoms. The summed E-state index contributed by atoms with van der Waals surface area (Å²) in [6.07, 6.45) is 5.02. The molecule has 0 saturated carbocycles. The number of urea groups is 1. The second-order valence-electron chi connectivity index (χ2n) is 7.22. The number of H-pyrrole nitrogens is 1. The van der Waals surface area contributed by atoms with Gasteiger partial charge in [0.1, 0.15) is 12.1 Å². The van der Waals surface area contributed by atoms with E-state index in [-0.39, 0.29) is 12.1 Å². The zero-order chi connectivity index (χ0) is 19.6. The highest BCUT2D eigenvalue weighted by molar-refractivity contribution is 6.01. The highest BCUT2D eigenvalue weighted by Gasteiger charge is 2.23. The highest BCUT2D eigenvalue weighted by Crippen LogP contribution is 2.25. The minimum Gasteiger partial charge on any atom is -0.356 e. The molecule has 8 nitrogen and oxygen atoms in total. The first-order chi connectivity index (χ1) is 14.3. The average molecular weight is 387 g/mol. The van der Waals surface area contributed by atoms with E-state index in [4.69, 9.17) is 0 Å². The number of aromatic amines is 1. The van der Waals surface area contributed by atoms with Crippen LogP contribution in [0.4, 0.5) is 16.3 Å². The average Bonchev–Trinajstić information content (AvgIpc) is 3.24. The third-order valence-corrected chi connectivity index (χ3v) is 5.39. The van der Waals surface area contributed by atoms with Crippen molar-refractivity contribution in [1.82, 2.24) is 25.5 Å². The predicted octanol–water partition coefficient (Wildman–Crippen LogP) is 3.30. The van der Waals surface area contributed by atoms with Crippen molar-refractivity contribution >= 4 is 39.3 Å². The molecule has 5 rings (SSSR count). The number of nitrogens with zero attached hydrogens (tertiary/aromatic N) is 4. The first kappa shape index (κ1) is 17.4. The Morgan fingerprint density at radius 1 is 1.03 bits per heavy atom. The van der Waals surface area contributed by atoms with E-state index in [1.807, 2.05) is 42.5 Å². The lowest BCUT2D eigenvalue weighted by Gasteiger charge is -2.33. The van der Waals surface area contributed by atoms with Crippen LogP contribution >= 0.6 is 0 Å². The fraction of sp³-hybridized carbons (Fsp3) is 0.238. The van der Waals surface area contributed by atoms with Crippen LogP contribution in [0.25, 0.3) is 21.8 Å². The van der Waals surface area contributed by atoms with Crippen LogP contribution in [-0.4, -0.2) is 45.3 Å². The molecule has 29 heavy (non-hydrogen) atoms. The summed E-state index contributed by atoms with van der Waals surface area (Å²) in [7, 11) is 0. The summed E-state index contributed by atoms with van der Waals surface area (Å²) in [6.45, 7) is 1.63. The lowest BCUT2D eigenvalue weighted by Crippen LogP contribution is -2.46. The Bertz CT molecular complexity index is 1160. The minimum absolute atomic E-state index is 0.128. The van der Waals surface area contributed by atoms with Crippen LogP contribution in [0.1, 0.15) is 12.8 Å². The molecule has 2 aromatic carbocycles. The number of piperidine rings is 1. The van der Waals surface area contributed by atoms with Crippen molar-refractivity contribution in [2.24, 2.45) is 0 Å². The van der Waals surface area contributed by atoms with Gasteiger partial charge in [-0.25, -0.2) is 14.8 Å². The Morgan fingerprint density at radius 3 is 2.76 bits per heavy atom. The van der Waals surface area contributed by atoms with Crippen LogP contribution in [0.3, 0.4) is 0 Å². The van der Waals surface area contributed by atoms with E-state index in [0.717, 1.165) is 59.2 Å². The maximum atomic E-state index is 12.5. The van der Waals surface area contributed by atoms with E-state index in [1.54, 1.807) is 12.5 Å². The topological polar surface area (TPSA) is 98.8 Å². The fourth-order valence-electron chi connectivity index (χ4n) is 3.92. The molecule has 0 atom stereocenters. The SMILES string of the molecule is O=C(Nc1cccc2ccccc12)NC1CCN(c2ncnc3[nH]ncc23)CC1. The van der Waals surface area contributed by atoms with Crippen LogP contribution in [-0.2, 0) is 0 Å². The smallest absolute Gasteiger partial charge is 0.319 e. The number of anilines is 2. The molecule has 1 aliphatic rings. The van der Waals surface area contributed by atoms with Crippen molar-refractivity contribution in [3.05, 3.63) is 55.0 Å². The first-order valence-corrected chi connectivity index (χ1v) is 9.72. The van der Waals surface area contributed by atoms with Crippen LogP contribution < -0.4 is 15.5 Å². The van der Waals surface area contributed by atoms with Gasteiger partial charge in [-0.15, -0.1) is 0 Å². The molecule has 0 spiro atoms. The van der Waals surface area contributed by atoms with Crippen molar-refractivity contribution in [2.45, 2.75) is 18.9 Å². The second-order valence-corrected chi connectivity index (χ2v) is 7.22. The Hall–Kier alpha value is -3.68. The molecule has 0 aliphatic carbocycles. The van der Waals surface area contributed by atoms with Gasteiger partial charge in [0, 0.05) is 24.5 Å². The molecule has 146 valence electrons. The van der Waals surface area contributed by atoms with Gasteiger partial charge in [-0.1, -0.05) is 36.4 Å². The van der Waals surface area contributed by atoms with Gasteiger partial charge in [0.25, 0.3) is 0 Å². The van der Waals surface area contributed by atoms with Gasteiger partial charge in [-0.3, -0.25) is 5.10 Å². The summed E-state index contributed by atoms with van der Waals surface area (Å²) >= 11 is 0. The largest absolute Gasteiger partial charge is 0.356 e. The number of rotatable bonds is 3. The van der Waals surface area contributed by atoms with Gasteiger partial charge >= 0.3 is 6.03 Å². The number of amides is 2. The molecule has 0 radical (unpaired) electrons. The van der Waals surface area contributed by atoms with Crippen molar-refractivity contribution in [1.29, 1.82) is 0 Å². The van der Waals surface area contributed by atoms with Gasteiger partial charge < -0.3 is 15.5 Å². The number of nitrogens with one attached hydrogen (secondary N) is 3. The molecule has 3 N–H and O–H groups in total. The molecule has 1 aliphatic heterocycles. The fourth-order valence-corrected chi connectivity index (χ4v) is 3.92. The first-order valence-electron chi connectivity index (χ1n) is 9.72. The van der Waals surface area contributed by atoms with Crippen molar-refractivity contribution < 1.29 is 4.79 Å².